The maximum absolute atomic E-state index is 12.0. The Morgan fingerprint density at radius 1 is 1.37 bits per heavy atom. The largest absolute Gasteiger partial charge is 0.479 e. The molecule has 0 atom stereocenters. The summed E-state index contributed by atoms with van der Waals surface area (Å²) in [7, 11) is -3.95. The zero-order chi connectivity index (χ0) is 13.9. The van der Waals surface area contributed by atoms with Crippen LogP contribution in [0.15, 0.2) is 41.6 Å². The second kappa shape index (κ2) is 5.31. The van der Waals surface area contributed by atoms with Crippen LogP contribution in [0.5, 0.6) is 0 Å². The third-order valence-corrected chi connectivity index (χ3v) is 3.57. The summed E-state index contributed by atoms with van der Waals surface area (Å²) >= 11 is 0. The summed E-state index contributed by atoms with van der Waals surface area (Å²) in [5, 5.41) is 9.52. The highest BCUT2D eigenvalue weighted by molar-refractivity contribution is 7.89. The van der Waals surface area contributed by atoms with Gasteiger partial charge >= 0.3 is 5.97 Å². The van der Waals surface area contributed by atoms with Crippen molar-refractivity contribution in [3.05, 3.63) is 36.7 Å². The van der Waals surface area contributed by atoms with E-state index >= 15 is 0 Å². The van der Waals surface area contributed by atoms with Gasteiger partial charge < -0.3 is 5.11 Å². The number of carboxylic acid groups (broad SMARTS) is 1. The number of carbonyl (C=O) groups is 1. The Morgan fingerprint density at radius 2 is 2.16 bits per heavy atom. The molecule has 1 aromatic carbocycles. The van der Waals surface area contributed by atoms with Crippen molar-refractivity contribution >= 4 is 26.8 Å². The Morgan fingerprint density at radius 3 is 2.89 bits per heavy atom. The van der Waals surface area contributed by atoms with Crippen molar-refractivity contribution < 1.29 is 23.2 Å². The molecule has 0 radical (unpaired) electrons. The number of benzene rings is 1. The lowest BCUT2D eigenvalue weighted by Gasteiger charge is -2.08. The van der Waals surface area contributed by atoms with E-state index in [2.05, 4.69) is 9.82 Å². The summed E-state index contributed by atoms with van der Waals surface area (Å²) in [5.41, 5.74) is 0. The fraction of sp³-hybridized carbons (Fsp3) is 0.0909. The molecule has 0 spiro atoms. The zero-order valence-electron chi connectivity index (χ0n) is 9.61. The average molecular weight is 282 g/mol. The number of sulfonamides is 1. The van der Waals surface area contributed by atoms with E-state index in [1.165, 1.54) is 18.5 Å². The number of fused-ring (bicyclic) bond motifs is 1. The van der Waals surface area contributed by atoms with Gasteiger partial charge in [0.15, 0.2) is 6.61 Å². The van der Waals surface area contributed by atoms with Gasteiger partial charge in [0.05, 0.1) is 4.90 Å². The summed E-state index contributed by atoms with van der Waals surface area (Å²) in [5.74, 6) is -1.27. The highest BCUT2D eigenvalue weighted by atomic mass is 32.2. The first-order valence-electron chi connectivity index (χ1n) is 5.19. The fourth-order valence-corrected chi connectivity index (χ4v) is 2.58. The molecule has 2 N–H and O–H groups in total. The van der Waals surface area contributed by atoms with Gasteiger partial charge in [-0.15, -0.1) is 0 Å². The monoisotopic (exact) mass is 282 g/mol. The molecule has 0 saturated heterocycles. The fourth-order valence-electron chi connectivity index (χ4n) is 1.54. The first kappa shape index (κ1) is 13.4. The third-order valence-electron chi connectivity index (χ3n) is 2.29. The van der Waals surface area contributed by atoms with Crippen molar-refractivity contribution in [1.82, 2.24) is 9.87 Å². The second-order valence-electron chi connectivity index (χ2n) is 3.62. The molecule has 0 unspecified atom stereocenters. The SMILES string of the molecule is O=C(O)CONS(=O)(=O)c1cccc2cnccc12. The van der Waals surface area contributed by atoms with Crippen LogP contribution in [0.25, 0.3) is 10.8 Å². The van der Waals surface area contributed by atoms with Gasteiger partial charge in [-0.05, 0) is 12.1 Å². The first-order chi connectivity index (χ1) is 9.00. The lowest BCUT2D eigenvalue weighted by Crippen LogP contribution is -2.27. The smallest absolute Gasteiger partial charge is 0.331 e. The maximum atomic E-state index is 12.0. The molecule has 0 bridgehead atoms. The number of aromatic nitrogens is 1. The Bertz CT molecular complexity index is 709. The van der Waals surface area contributed by atoms with Crippen LogP contribution in [0.3, 0.4) is 0 Å². The van der Waals surface area contributed by atoms with E-state index in [9.17, 15) is 13.2 Å². The predicted molar refractivity (Wildman–Crippen MR) is 65.7 cm³/mol. The van der Waals surface area contributed by atoms with Gasteiger partial charge in [0.25, 0.3) is 10.0 Å². The van der Waals surface area contributed by atoms with E-state index in [4.69, 9.17) is 5.11 Å². The van der Waals surface area contributed by atoms with Crippen LogP contribution in [0.4, 0.5) is 0 Å². The van der Waals surface area contributed by atoms with E-state index < -0.39 is 22.6 Å². The quantitative estimate of drug-likeness (QED) is 0.775. The molecule has 0 aliphatic heterocycles. The maximum Gasteiger partial charge on any atom is 0.331 e. The van der Waals surface area contributed by atoms with Gasteiger partial charge in [-0.1, -0.05) is 17.0 Å². The van der Waals surface area contributed by atoms with Crippen molar-refractivity contribution in [2.75, 3.05) is 6.61 Å². The molecule has 0 amide bonds. The Hall–Kier alpha value is -2.03. The predicted octanol–water partition coefficient (Wildman–Crippen LogP) is 0.529. The average Bonchev–Trinajstić information content (AvgIpc) is 2.37. The highest BCUT2D eigenvalue weighted by Gasteiger charge is 2.17. The lowest BCUT2D eigenvalue weighted by molar-refractivity contribution is -0.143. The van der Waals surface area contributed by atoms with Crippen molar-refractivity contribution in [1.29, 1.82) is 0 Å². The number of hydrogen-bond donors (Lipinski definition) is 2. The molecular formula is C11H10N2O5S. The van der Waals surface area contributed by atoms with Gasteiger partial charge in [-0.2, -0.15) is 0 Å². The molecule has 19 heavy (non-hydrogen) atoms. The van der Waals surface area contributed by atoms with Crippen LogP contribution in [0, 0.1) is 0 Å². The molecule has 7 nitrogen and oxygen atoms in total. The summed E-state index contributed by atoms with van der Waals surface area (Å²) in [4.78, 5) is 20.3. The molecule has 0 saturated carbocycles. The molecule has 0 aliphatic carbocycles. The Labute approximate surface area is 108 Å². The van der Waals surface area contributed by atoms with Crippen molar-refractivity contribution in [2.45, 2.75) is 4.90 Å². The Balaban J connectivity index is 2.35. The van der Waals surface area contributed by atoms with Gasteiger partial charge in [0.1, 0.15) is 0 Å². The number of nitrogens with zero attached hydrogens (tertiary/aromatic N) is 1. The van der Waals surface area contributed by atoms with Crippen LogP contribution in [0.2, 0.25) is 0 Å². The van der Waals surface area contributed by atoms with E-state index in [1.54, 1.807) is 23.1 Å². The number of nitrogens with one attached hydrogen (secondary N) is 1. The van der Waals surface area contributed by atoms with Crippen molar-refractivity contribution in [3.8, 4) is 0 Å². The minimum atomic E-state index is -3.95. The molecule has 0 aliphatic rings. The normalized spacial score (nSPS) is 11.6. The van der Waals surface area contributed by atoms with Crippen LogP contribution in [0.1, 0.15) is 0 Å². The number of hydrogen-bond acceptors (Lipinski definition) is 5. The number of aliphatic carboxylic acids is 1. The van der Waals surface area contributed by atoms with E-state index in [-0.39, 0.29) is 4.90 Å². The van der Waals surface area contributed by atoms with E-state index in [0.717, 1.165) is 0 Å². The number of pyridine rings is 1. The van der Waals surface area contributed by atoms with E-state index in [0.29, 0.717) is 10.8 Å². The van der Waals surface area contributed by atoms with Crippen molar-refractivity contribution in [2.24, 2.45) is 0 Å². The summed E-state index contributed by atoms with van der Waals surface area (Å²) in [6.07, 6.45) is 3.01. The summed E-state index contributed by atoms with van der Waals surface area (Å²) in [6.45, 7) is -0.758. The second-order valence-corrected chi connectivity index (χ2v) is 5.24. The van der Waals surface area contributed by atoms with Crippen LogP contribution >= 0.6 is 0 Å². The zero-order valence-corrected chi connectivity index (χ0v) is 10.4. The first-order valence-corrected chi connectivity index (χ1v) is 6.67. The number of rotatable bonds is 5. The topological polar surface area (TPSA) is 106 Å². The van der Waals surface area contributed by atoms with Crippen molar-refractivity contribution in [3.63, 3.8) is 0 Å². The molecule has 1 heterocycles. The van der Waals surface area contributed by atoms with E-state index in [1.807, 2.05) is 0 Å². The minimum absolute atomic E-state index is 0.00205. The van der Waals surface area contributed by atoms with Crippen LogP contribution in [-0.2, 0) is 19.7 Å². The summed E-state index contributed by atoms with van der Waals surface area (Å²) < 4.78 is 24.0. The lowest BCUT2D eigenvalue weighted by atomic mass is 10.2. The van der Waals surface area contributed by atoms with Gasteiger partial charge in [0, 0.05) is 23.2 Å². The molecule has 8 heteroatoms. The molecule has 0 fully saturated rings. The van der Waals surface area contributed by atoms with Crippen LogP contribution < -0.4 is 4.89 Å². The molecular weight excluding hydrogens is 272 g/mol. The van der Waals surface area contributed by atoms with Crippen LogP contribution in [-0.4, -0.2) is 31.1 Å². The third kappa shape index (κ3) is 3.05. The minimum Gasteiger partial charge on any atom is -0.479 e. The number of carboxylic acids is 1. The highest BCUT2D eigenvalue weighted by Crippen LogP contribution is 2.21. The molecule has 1 aromatic heterocycles. The van der Waals surface area contributed by atoms with Gasteiger partial charge in [0.2, 0.25) is 0 Å². The molecule has 2 rings (SSSR count). The Kier molecular flexibility index (Phi) is 3.74. The van der Waals surface area contributed by atoms with Gasteiger partial charge in [-0.25, -0.2) is 13.2 Å². The molecule has 2 aromatic rings. The standard InChI is InChI=1S/C11H10N2O5S/c14-11(15)7-18-13-19(16,17)10-3-1-2-8-6-12-5-4-9(8)10/h1-6,13H,7H2,(H,14,15). The van der Waals surface area contributed by atoms with Gasteiger partial charge in [-0.3, -0.25) is 9.82 Å². The summed E-state index contributed by atoms with van der Waals surface area (Å²) in [6, 6.07) is 6.24. The molecule has 100 valence electrons.